The van der Waals surface area contributed by atoms with Crippen LogP contribution in [-0.2, 0) is 10.0 Å². The normalized spacial score (nSPS) is 13.6. The van der Waals surface area contributed by atoms with Gasteiger partial charge in [0.2, 0.25) is 10.0 Å². The molecule has 0 radical (unpaired) electrons. The van der Waals surface area contributed by atoms with Crippen molar-refractivity contribution in [2.45, 2.75) is 10.9 Å². The third-order valence-corrected chi connectivity index (χ3v) is 2.78. The van der Waals surface area contributed by atoms with E-state index in [1.54, 1.807) is 18.2 Å². The molecule has 1 aromatic carbocycles. The summed E-state index contributed by atoms with van der Waals surface area (Å²) in [7, 11) is -3.62. The van der Waals surface area contributed by atoms with Crippen molar-refractivity contribution in [3.05, 3.63) is 42.5 Å². The monoisotopic (exact) mass is 212 g/mol. The summed E-state index contributed by atoms with van der Waals surface area (Å²) in [5, 5.41) is 4.94. The minimum atomic E-state index is -3.62. The van der Waals surface area contributed by atoms with E-state index in [0.717, 1.165) is 5.56 Å². The van der Waals surface area contributed by atoms with E-state index in [-0.39, 0.29) is 10.9 Å². The number of sulfonamides is 1. The summed E-state index contributed by atoms with van der Waals surface area (Å²) >= 11 is 0. The molecule has 0 aliphatic carbocycles. The van der Waals surface area contributed by atoms with Gasteiger partial charge in [-0.3, -0.25) is 0 Å². The number of hydrogen-bond acceptors (Lipinski definition) is 3. The highest BCUT2D eigenvalue weighted by molar-refractivity contribution is 7.89. The molecule has 0 aliphatic rings. The molecule has 4 N–H and O–H groups in total. The predicted molar refractivity (Wildman–Crippen MR) is 54.9 cm³/mol. The molecule has 1 unspecified atom stereocenters. The lowest BCUT2D eigenvalue weighted by atomic mass is 10.1. The molecule has 1 aromatic rings. The number of rotatable bonds is 3. The average Bonchev–Trinajstić information content (AvgIpc) is 2.15. The minimum Gasteiger partial charge on any atom is -0.321 e. The molecule has 0 saturated heterocycles. The maximum absolute atomic E-state index is 10.9. The number of hydrogen-bond donors (Lipinski definition) is 2. The van der Waals surface area contributed by atoms with Gasteiger partial charge in [-0.1, -0.05) is 18.2 Å². The van der Waals surface area contributed by atoms with Gasteiger partial charge in [0.25, 0.3) is 0 Å². The highest BCUT2D eigenvalue weighted by Gasteiger charge is 2.07. The molecule has 1 atom stereocenters. The Kier molecular flexibility index (Phi) is 3.05. The van der Waals surface area contributed by atoms with Crippen molar-refractivity contribution in [2.75, 3.05) is 0 Å². The molecular formula is C9H12N2O2S. The summed E-state index contributed by atoms with van der Waals surface area (Å²) in [6.07, 6.45) is 1.58. The topological polar surface area (TPSA) is 86.2 Å². The predicted octanol–water partition coefficient (Wildman–Crippen LogP) is 0.520. The molecule has 14 heavy (non-hydrogen) atoms. The fraction of sp³-hybridized carbons (Fsp3) is 0.111. The van der Waals surface area contributed by atoms with Crippen molar-refractivity contribution in [3.63, 3.8) is 0 Å². The molecule has 0 bridgehead atoms. The van der Waals surface area contributed by atoms with Crippen LogP contribution in [0.15, 0.2) is 41.8 Å². The van der Waals surface area contributed by atoms with Gasteiger partial charge < -0.3 is 5.73 Å². The zero-order chi connectivity index (χ0) is 10.8. The molecule has 0 saturated carbocycles. The smallest absolute Gasteiger partial charge is 0.238 e. The molecule has 0 heterocycles. The zero-order valence-electron chi connectivity index (χ0n) is 7.55. The van der Waals surface area contributed by atoms with E-state index in [2.05, 4.69) is 6.58 Å². The van der Waals surface area contributed by atoms with Crippen molar-refractivity contribution < 1.29 is 8.42 Å². The molecule has 0 aliphatic heterocycles. The molecule has 76 valence electrons. The second-order valence-electron chi connectivity index (χ2n) is 2.88. The Balaban J connectivity index is 3.07. The van der Waals surface area contributed by atoms with Gasteiger partial charge in [0.1, 0.15) is 0 Å². The summed E-state index contributed by atoms with van der Waals surface area (Å²) in [6.45, 7) is 3.54. The van der Waals surface area contributed by atoms with Gasteiger partial charge in [0.15, 0.2) is 0 Å². The van der Waals surface area contributed by atoms with Gasteiger partial charge in [-0.2, -0.15) is 0 Å². The van der Waals surface area contributed by atoms with E-state index < -0.39 is 10.0 Å². The quantitative estimate of drug-likeness (QED) is 0.716. The number of benzene rings is 1. The first-order valence-corrected chi connectivity index (χ1v) is 5.50. The molecule has 1 rings (SSSR count). The molecule has 0 amide bonds. The first-order valence-electron chi connectivity index (χ1n) is 3.96. The summed E-state index contributed by atoms with van der Waals surface area (Å²) in [5.74, 6) is 0. The average molecular weight is 212 g/mol. The van der Waals surface area contributed by atoms with Crippen molar-refractivity contribution in [1.29, 1.82) is 0 Å². The highest BCUT2D eigenvalue weighted by atomic mass is 32.2. The van der Waals surface area contributed by atoms with Crippen LogP contribution in [-0.4, -0.2) is 8.42 Å². The maximum Gasteiger partial charge on any atom is 0.238 e. The Morgan fingerprint density at radius 3 is 2.14 bits per heavy atom. The molecule has 0 aromatic heterocycles. The highest BCUT2D eigenvalue weighted by Crippen LogP contribution is 2.14. The SMILES string of the molecule is C=CC(N)c1ccc(S(N)(=O)=O)cc1. The van der Waals surface area contributed by atoms with Crippen LogP contribution in [0.5, 0.6) is 0 Å². The van der Waals surface area contributed by atoms with E-state index in [1.807, 2.05) is 0 Å². The van der Waals surface area contributed by atoms with Gasteiger partial charge in [-0.05, 0) is 17.7 Å². The lowest BCUT2D eigenvalue weighted by molar-refractivity contribution is 0.597. The van der Waals surface area contributed by atoms with E-state index >= 15 is 0 Å². The Morgan fingerprint density at radius 2 is 1.79 bits per heavy atom. The summed E-state index contributed by atoms with van der Waals surface area (Å²) in [6, 6.07) is 5.80. The van der Waals surface area contributed by atoms with Gasteiger partial charge in [0, 0.05) is 6.04 Å². The lowest BCUT2D eigenvalue weighted by Crippen LogP contribution is -2.12. The van der Waals surface area contributed by atoms with Crippen molar-refractivity contribution in [2.24, 2.45) is 10.9 Å². The number of primary sulfonamides is 1. The minimum absolute atomic E-state index is 0.0810. The van der Waals surface area contributed by atoms with Crippen molar-refractivity contribution >= 4 is 10.0 Å². The molecular weight excluding hydrogens is 200 g/mol. The van der Waals surface area contributed by atoms with Gasteiger partial charge in [0.05, 0.1) is 4.90 Å². The van der Waals surface area contributed by atoms with Crippen LogP contribution in [0.1, 0.15) is 11.6 Å². The standard InChI is InChI=1S/C9H12N2O2S/c1-2-9(10)7-3-5-8(6-4-7)14(11,12)13/h2-6,9H,1,10H2,(H2,11,12,13). The van der Waals surface area contributed by atoms with Crippen molar-refractivity contribution in [1.82, 2.24) is 0 Å². The molecule has 5 heteroatoms. The van der Waals surface area contributed by atoms with Gasteiger partial charge in [-0.15, -0.1) is 6.58 Å². The first-order chi connectivity index (χ1) is 6.45. The largest absolute Gasteiger partial charge is 0.321 e. The van der Waals surface area contributed by atoms with E-state index in [4.69, 9.17) is 10.9 Å². The number of nitrogens with two attached hydrogens (primary N) is 2. The third kappa shape index (κ3) is 2.41. The second kappa shape index (κ2) is 3.91. The van der Waals surface area contributed by atoms with Crippen LogP contribution in [0.25, 0.3) is 0 Å². The molecule has 4 nitrogen and oxygen atoms in total. The maximum atomic E-state index is 10.9. The lowest BCUT2D eigenvalue weighted by Gasteiger charge is -2.06. The fourth-order valence-corrected chi connectivity index (χ4v) is 1.53. The zero-order valence-corrected chi connectivity index (χ0v) is 8.37. The van der Waals surface area contributed by atoms with Crippen LogP contribution in [0.3, 0.4) is 0 Å². The van der Waals surface area contributed by atoms with Crippen molar-refractivity contribution in [3.8, 4) is 0 Å². The molecule has 0 spiro atoms. The van der Waals surface area contributed by atoms with E-state index in [1.165, 1.54) is 12.1 Å². The molecule has 0 fully saturated rings. The Morgan fingerprint density at radius 1 is 1.29 bits per heavy atom. The van der Waals surface area contributed by atoms with E-state index in [9.17, 15) is 8.42 Å². The summed E-state index contributed by atoms with van der Waals surface area (Å²) in [4.78, 5) is 0.0810. The van der Waals surface area contributed by atoms with Gasteiger partial charge in [-0.25, -0.2) is 13.6 Å². The third-order valence-electron chi connectivity index (χ3n) is 1.85. The van der Waals surface area contributed by atoms with Crippen LogP contribution < -0.4 is 10.9 Å². The Labute approximate surface area is 83.3 Å². The Hall–Kier alpha value is -1.17. The fourth-order valence-electron chi connectivity index (χ4n) is 1.02. The van der Waals surface area contributed by atoms with Crippen LogP contribution in [0, 0.1) is 0 Å². The van der Waals surface area contributed by atoms with Crippen LogP contribution >= 0.6 is 0 Å². The van der Waals surface area contributed by atoms with Crippen LogP contribution in [0.4, 0.5) is 0 Å². The Bertz CT molecular complexity index is 423. The van der Waals surface area contributed by atoms with Crippen LogP contribution in [0.2, 0.25) is 0 Å². The van der Waals surface area contributed by atoms with Gasteiger partial charge >= 0.3 is 0 Å². The first kappa shape index (κ1) is 10.9. The van der Waals surface area contributed by atoms with E-state index in [0.29, 0.717) is 0 Å². The summed E-state index contributed by atoms with van der Waals surface area (Å²) in [5.41, 5.74) is 6.45. The summed E-state index contributed by atoms with van der Waals surface area (Å²) < 4.78 is 21.8. The second-order valence-corrected chi connectivity index (χ2v) is 4.44.